The van der Waals surface area contributed by atoms with Crippen molar-refractivity contribution in [1.29, 1.82) is 0 Å². The maximum atomic E-state index is 12.7. The first-order chi connectivity index (χ1) is 9.40. The minimum atomic E-state index is -0.731. The van der Waals surface area contributed by atoms with Crippen LogP contribution in [0.25, 0.3) is 0 Å². The molecule has 1 heterocycles. The maximum Gasteiger partial charge on any atom is 0.320 e. The van der Waals surface area contributed by atoms with E-state index in [4.69, 9.17) is 5.11 Å². The molecule has 0 spiro atoms. The maximum absolute atomic E-state index is 12.7. The quantitative estimate of drug-likeness (QED) is 0.861. The summed E-state index contributed by atoms with van der Waals surface area (Å²) in [5.41, 5.74) is 0. The normalized spacial score (nSPS) is 26.7. The third kappa shape index (κ3) is 3.44. The van der Waals surface area contributed by atoms with Crippen LogP contribution in [0.2, 0.25) is 0 Å². The van der Waals surface area contributed by atoms with E-state index in [1.165, 1.54) is 0 Å². The minimum absolute atomic E-state index is 0.0192. The Labute approximate surface area is 120 Å². The van der Waals surface area contributed by atoms with E-state index in [1.54, 1.807) is 0 Å². The monoisotopic (exact) mass is 282 g/mol. The Kier molecular flexibility index (Phi) is 4.55. The molecule has 2 aliphatic rings. The number of hydrogen-bond acceptors (Lipinski definition) is 2. The van der Waals surface area contributed by atoms with Gasteiger partial charge in [0.15, 0.2) is 0 Å². The highest BCUT2D eigenvalue weighted by Crippen LogP contribution is 2.31. The fourth-order valence-corrected chi connectivity index (χ4v) is 3.01. The molecule has 2 atom stereocenters. The molecule has 1 saturated heterocycles. The number of carboxylic acids is 1. The second kappa shape index (κ2) is 6.02. The van der Waals surface area contributed by atoms with Gasteiger partial charge in [0.1, 0.15) is 0 Å². The SMILES string of the molecule is CC(C)CN(C(=O)N1CCC(C(=O)O)CC1C)C1CC1. The molecule has 2 rings (SSSR count). The first-order valence-corrected chi connectivity index (χ1v) is 7.70. The van der Waals surface area contributed by atoms with Crippen LogP contribution in [0.4, 0.5) is 4.79 Å². The van der Waals surface area contributed by atoms with Gasteiger partial charge in [-0.1, -0.05) is 13.8 Å². The number of carbonyl (C=O) groups is 2. The molecule has 0 radical (unpaired) electrons. The van der Waals surface area contributed by atoms with Gasteiger partial charge in [0.25, 0.3) is 0 Å². The average molecular weight is 282 g/mol. The lowest BCUT2D eigenvalue weighted by molar-refractivity contribution is -0.143. The summed E-state index contributed by atoms with van der Waals surface area (Å²) in [5, 5.41) is 9.09. The molecule has 0 aromatic rings. The van der Waals surface area contributed by atoms with Crippen molar-refractivity contribution < 1.29 is 14.7 Å². The number of amides is 2. The van der Waals surface area contributed by atoms with Crippen LogP contribution in [-0.4, -0.2) is 52.1 Å². The largest absolute Gasteiger partial charge is 0.481 e. The molecular formula is C15H26N2O3. The summed E-state index contributed by atoms with van der Waals surface area (Å²) in [4.78, 5) is 27.6. The summed E-state index contributed by atoms with van der Waals surface area (Å²) < 4.78 is 0. The van der Waals surface area contributed by atoms with Gasteiger partial charge < -0.3 is 14.9 Å². The van der Waals surface area contributed by atoms with E-state index in [2.05, 4.69) is 13.8 Å². The Morgan fingerprint density at radius 1 is 1.30 bits per heavy atom. The summed E-state index contributed by atoms with van der Waals surface area (Å²) in [6.45, 7) is 7.59. The summed E-state index contributed by atoms with van der Waals surface area (Å²) in [7, 11) is 0. The molecule has 20 heavy (non-hydrogen) atoms. The first-order valence-electron chi connectivity index (χ1n) is 7.70. The van der Waals surface area contributed by atoms with E-state index in [0.717, 1.165) is 19.4 Å². The van der Waals surface area contributed by atoms with Gasteiger partial charge >= 0.3 is 12.0 Å². The van der Waals surface area contributed by atoms with E-state index < -0.39 is 5.97 Å². The number of likely N-dealkylation sites (tertiary alicyclic amines) is 1. The van der Waals surface area contributed by atoms with Crippen molar-refractivity contribution in [3.8, 4) is 0 Å². The van der Waals surface area contributed by atoms with Gasteiger partial charge in [0.05, 0.1) is 5.92 Å². The molecule has 0 aromatic heterocycles. The molecule has 1 aliphatic carbocycles. The second-order valence-corrected chi connectivity index (χ2v) is 6.66. The van der Waals surface area contributed by atoms with Crippen LogP contribution in [0.15, 0.2) is 0 Å². The van der Waals surface area contributed by atoms with Crippen LogP contribution in [-0.2, 0) is 4.79 Å². The topological polar surface area (TPSA) is 60.9 Å². The lowest BCUT2D eigenvalue weighted by Gasteiger charge is -2.40. The number of aliphatic carboxylic acids is 1. The Hall–Kier alpha value is -1.26. The number of nitrogens with zero attached hydrogens (tertiary/aromatic N) is 2. The van der Waals surface area contributed by atoms with Crippen molar-refractivity contribution in [1.82, 2.24) is 9.80 Å². The average Bonchev–Trinajstić information content (AvgIpc) is 3.19. The van der Waals surface area contributed by atoms with Crippen molar-refractivity contribution in [2.45, 2.75) is 58.5 Å². The Morgan fingerprint density at radius 2 is 1.95 bits per heavy atom. The Bertz CT molecular complexity index is 379. The van der Waals surface area contributed by atoms with Gasteiger partial charge in [-0.25, -0.2) is 4.79 Å². The smallest absolute Gasteiger partial charge is 0.320 e. The summed E-state index contributed by atoms with van der Waals surface area (Å²) in [6.07, 6.45) is 3.36. The molecular weight excluding hydrogens is 256 g/mol. The summed E-state index contributed by atoms with van der Waals surface area (Å²) in [5.74, 6) is -0.565. The third-order valence-electron chi connectivity index (χ3n) is 4.27. The molecule has 2 unspecified atom stereocenters. The predicted octanol–water partition coefficient (Wildman–Crippen LogP) is 2.41. The van der Waals surface area contributed by atoms with Crippen molar-refractivity contribution in [2.75, 3.05) is 13.1 Å². The van der Waals surface area contributed by atoms with Gasteiger partial charge in [-0.3, -0.25) is 4.79 Å². The van der Waals surface area contributed by atoms with E-state index in [9.17, 15) is 9.59 Å². The standard InChI is InChI=1S/C15H26N2O3/c1-10(2)9-17(13-4-5-13)15(20)16-7-6-12(14(18)19)8-11(16)3/h10-13H,4-9H2,1-3H3,(H,18,19). The third-order valence-corrected chi connectivity index (χ3v) is 4.27. The summed E-state index contributed by atoms with van der Waals surface area (Å²) in [6, 6.07) is 0.539. The van der Waals surface area contributed by atoms with Crippen molar-refractivity contribution in [2.24, 2.45) is 11.8 Å². The van der Waals surface area contributed by atoms with Crippen molar-refractivity contribution in [3.63, 3.8) is 0 Å². The van der Waals surface area contributed by atoms with Gasteiger partial charge in [0, 0.05) is 25.2 Å². The van der Waals surface area contributed by atoms with E-state index in [1.807, 2.05) is 16.7 Å². The number of urea groups is 1. The van der Waals surface area contributed by atoms with Gasteiger partial charge in [-0.2, -0.15) is 0 Å². The van der Waals surface area contributed by atoms with Crippen LogP contribution < -0.4 is 0 Å². The van der Waals surface area contributed by atoms with E-state index >= 15 is 0 Å². The number of hydrogen-bond donors (Lipinski definition) is 1. The zero-order valence-electron chi connectivity index (χ0n) is 12.7. The van der Waals surface area contributed by atoms with Crippen LogP contribution in [0.3, 0.4) is 0 Å². The second-order valence-electron chi connectivity index (χ2n) is 6.66. The number of rotatable bonds is 4. The number of carboxylic acid groups (broad SMARTS) is 1. The molecule has 114 valence electrons. The first kappa shape index (κ1) is 15.1. The molecule has 0 aromatic carbocycles. The summed E-state index contributed by atoms with van der Waals surface area (Å²) >= 11 is 0. The van der Waals surface area contributed by atoms with Crippen molar-refractivity contribution >= 4 is 12.0 Å². The van der Waals surface area contributed by atoms with Gasteiger partial charge in [0.2, 0.25) is 0 Å². The highest BCUT2D eigenvalue weighted by atomic mass is 16.4. The Morgan fingerprint density at radius 3 is 2.40 bits per heavy atom. The molecule has 2 amide bonds. The molecule has 2 fully saturated rings. The predicted molar refractivity (Wildman–Crippen MR) is 76.5 cm³/mol. The lowest BCUT2D eigenvalue weighted by Crippen LogP contribution is -2.52. The van der Waals surface area contributed by atoms with Gasteiger partial charge in [-0.05, 0) is 38.5 Å². The lowest BCUT2D eigenvalue weighted by atomic mass is 9.92. The highest BCUT2D eigenvalue weighted by Gasteiger charge is 2.39. The van der Waals surface area contributed by atoms with Crippen molar-refractivity contribution in [3.05, 3.63) is 0 Å². The van der Waals surface area contributed by atoms with E-state index in [-0.39, 0.29) is 18.0 Å². The molecule has 1 saturated carbocycles. The number of carbonyl (C=O) groups excluding carboxylic acids is 1. The van der Waals surface area contributed by atoms with Crippen LogP contribution >= 0.6 is 0 Å². The van der Waals surface area contributed by atoms with Crippen LogP contribution in [0, 0.1) is 11.8 Å². The fourth-order valence-electron chi connectivity index (χ4n) is 3.01. The Balaban J connectivity index is 1.99. The van der Waals surface area contributed by atoms with Gasteiger partial charge in [-0.15, -0.1) is 0 Å². The van der Waals surface area contributed by atoms with E-state index in [0.29, 0.717) is 31.3 Å². The van der Waals surface area contributed by atoms with Crippen LogP contribution in [0.5, 0.6) is 0 Å². The fraction of sp³-hybridized carbons (Fsp3) is 0.867. The zero-order chi connectivity index (χ0) is 14.9. The molecule has 5 nitrogen and oxygen atoms in total. The molecule has 0 bridgehead atoms. The van der Waals surface area contributed by atoms with Crippen LogP contribution in [0.1, 0.15) is 46.5 Å². The highest BCUT2D eigenvalue weighted by molar-refractivity contribution is 5.76. The minimum Gasteiger partial charge on any atom is -0.481 e. The molecule has 1 N–H and O–H groups in total. The zero-order valence-corrected chi connectivity index (χ0v) is 12.7. The molecule has 5 heteroatoms. The number of piperidine rings is 1. The molecule has 1 aliphatic heterocycles.